The Morgan fingerprint density at radius 1 is 1.21 bits per heavy atom. The van der Waals surface area contributed by atoms with E-state index in [4.69, 9.17) is 0 Å². The maximum atomic E-state index is 12.4. The number of hydrogen-bond donors (Lipinski definition) is 2. The standard InChI is InChI=1S/C18H25N3O3/c1-6-14(10(2)3)19-16(22)12-7-8-13-15(9-12)20-18(24)21(11(4)5)17(13)23/h7-11,14H,6H2,1-5H3,(H,19,22)(H,20,24). The van der Waals surface area contributed by atoms with Gasteiger partial charge < -0.3 is 10.3 Å². The van der Waals surface area contributed by atoms with E-state index in [0.717, 1.165) is 6.42 Å². The van der Waals surface area contributed by atoms with Crippen LogP contribution in [0, 0.1) is 5.92 Å². The molecule has 6 nitrogen and oxygen atoms in total. The van der Waals surface area contributed by atoms with Gasteiger partial charge in [-0.2, -0.15) is 0 Å². The lowest BCUT2D eigenvalue weighted by Crippen LogP contribution is -2.38. The van der Waals surface area contributed by atoms with Crippen LogP contribution in [0.25, 0.3) is 10.9 Å². The third kappa shape index (κ3) is 3.42. The zero-order chi connectivity index (χ0) is 18.0. The average molecular weight is 331 g/mol. The van der Waals surface area contributed by atoms with E-state index in [2.05, 4.69) is 24.1 Å². The van der Waals surface area contributed by atoms with E-state index in [1.165, 1.54) is 4.57 Å². The number of hydrogen-bond acceptors (Lipinski definition) is 3. The first-order valence-electron chi connectivity index (χ1n) is 8.35. The van der Waals surface area contributed by atoms with Crippen LogP contribution in [0.3, 0.4) is 0 Å². The van der Waals surface area contributed by atoms with Gasteiger partial charge in [0.05, 0.1) is 10.9 Å². The van der Waals surface area contributed by atoms with E-state index < -0.39 is 5.69 Å². The van der Waals surface area contributed by atoms with E-state index in [9.17, 15) is 14.4 Å². The molecular formula is C18H25N3O3. The first kappa shape index (κ1) is 18.0. The van der Waals surface area contributed by atoms with Gasteiger partial charge in [0.1, 0.15) is 0 Å². The van der Waals surface area contributed by atoms with Crippen molar-refractivity contribution in [1.82, 2.24) is 14.9 Å². The van der Waals surface area contributed by atoms with Crippen molar-refractivity contribution in [3.8, 4) is 0 Å². The summed E-state index contributed by atoms with van der Waals surface area (Å²) in [5.41, 5.74) is 0.00379. The van der Waals surface area contributed by atoms with Gasteiger partial charge in [-0.05, 0) is 44.4 Å². The van der Waals surface area contributed by atoms with Crippen LogP contribution in [0.15, 0.2) is 27.8 Å². The largest absolute Gasteiger partial charge is 0.349 e. The number of H-pyrrole nitrogens is 1. The molecule has 0 aliphatic carbocycles. The minimum Gasteiger partial charge on any atom is -0.349 e. The number of amides is 1. The van der Waals surface area contributed by atoms with Gasteiger partial charge in [0, 0.05) is 17.6 Å². The van der Waals surface area contributed by atoms with Gasteiger partial charge in [-0.1, -0.05) is 20.8 Å². The molecule has 2 aromatic rings. The topological polar surface area (TPSA) is 84.0 Å². The van der Waals surface area contributed by atoms with Gasteiger partial charge in [0.15, 0.2) is 0 Å². The number of nitrogens with one attached hydrogen (secondary N) is 2. The summed E-state index contributed by atoms with van der Waals surface area (Å²) in [7, 11) is 0. The number of carbonyl (C=O) groups is 1. The van der Waals surface area contributed by atoms with E-state index >= 15 is 0 Å². The van der Waals surface area contributed by atoms with Crippen molar-refractivity contribution in [3.05, 3.63) is 44.6 Å². The highest BCUT2D eigenvalue weighted by Gasteiger charge is 2.17. The second kappa shape index (κ2) is 7.03. The first-order chi connectivity index (χ1) is 11.3. The van der Waals surface area contributed by atoms with Crippen molar-refractivity contribution < 1.29 is 4.79 Å². The fourth-order valence-electron chi connectivity index (χ4n) is 2.83. The van der Waals surface area contributed by atoms with Crippen molar-refractivity contribution in [1.29, 1.82) is 0 Å². The Balaban J connectivity index is 2.46. The van der Waals surface area contributed by atoms with Crippen molar-refractivity contribution >= 4 is 16.8 Å². The number of aromatic amines is 1. The summed E-state index contributed by atoms with van der Waals surface area (Å²) in [6, 6.07) is 4.63. The van der Waals surface area contributed by atoms with Gasteiger partial charge in [-0.15, -0.1) is 0 Å². The van der Waals surface area contributed by atoms with Crippen LogP contribution < -0.4 is 16.6 Å². The minimum atomic E-state index is -0.464. The maximum Gasteiger partial charge on any atom is 0.329 e. The van der Waals surface area contributed by atoms with E-state index in [-0.39, 0.29) is 23.6 Å². The molecule has 0 spiro atoms. The van der Waals surface area contributed by atoms with Crippen LogP contribution in [0.4, 0.5) is 0 Å². The summed E-state index contributed by atoms with van der Waals surface area (Å²) in [4.78, 5) is 39.6. The Morgan fingerprint density at radius 2 is 1.88 bits per heavy atom. The smallest absolute Gasteiger partial charge is 0.329 e. The second-order valence-electron chi connectivity index (χ2n) is 6.69. The summed E-state index contributed by atoms with van der Waals surface area (Å²) in [6.07, 6.45) is 0.840. The third-order valence-corrected chi connectivity index (χ3v) is 4.27. The first-order valence-corrected chi connectivity index (χ1v) is 8.35. The molecule has 1 aromatic heterocycles. The predicted octanol–water partition coefficient (Wildman–Crippen LogP) is 2.44. The third-order valence-electron chi connectivity index (χ3n) is 4.27. The molecule has 1 aromatic carbocycles. The number of fused-ring (bicyclic) bond motifs is 1. The lowest BCUT2D eigenvalue weighted by Gasteiger charge is -2.20. The highest BCUT2D eigenvalue weighted by molar-refractivity contribution is 5.97. The van der Waals surface area contributed by atoms with Gasteiger partial charge >= 0.3 is 5.69 Å². The molecule has 24 heavy (non-hydrogen) atoms. The molecule has 0 bridgehead atoms. The van der Waals surface area contributed by atoms with E-state index in [0.29, 0.717) is 22.4 Å². The van der Waals surface area contributed by atoms with Crippen LogP contribution >= 0.6 is 0 Å². The number of carbonyl (C=O) groups excluding carboxylic acids is 1. The van der Waals surface area contributed by atoms with Crippen molar-refractivity contribution in [2.75, 3.05) is 0 Å². The summed E-state index contributed by atoms with van der Waals surface area (Å²) < 4.78 is 1.17. The SMILES string of the molecule is CCC(NC(=O)c1ccc2c(=O)n(C(C)C)c(=O)[nH]c2c1)C(C)C. The molecule has 1 atom stereocenters. The molecule has 130 valence electrons. The van der Waals surface area contributed by atoms with E-state index in [1.807, 2.05) is 6.92 Å². The van der Waals surface area contributed by atoms with Crippen LogP contribution in [-0.2, 0) is 0 Å². The van der Waals surface area contributed by atoms with Gasteiger partial charge in [0.25, 0.3) is 11.5 Å². The molecule has 0 aliphatic rings. The molecule has 1 amide bonds. The van der Waals surface area contributed by atoms with Gasteiger partial charge in [-0.25, -0.2) is 4.79 Å². The summed E-state index contributed by atoms with van der Waals surface area (Å²) in [5, 5.41) is 3.39. The fourth-order valence-corrected chi connectivity index (χ4v) is 2.83. The summed E-state index contributed by atoms with van der Waals surface area (Å²) in [5.74, 6) is 0.129. The lowest BCUT2D eigenvalue weighted by molar-refractivity contribution is 0.0924. The van der Waals surface area contributed by atoms with Crippen molar-refractivity contribution in [2.45, 2.75) is 53.1 Å². The zero-order valence-electron chi connectivity index (χ0n) is 14.8. The zero-order valence-corrected chi connectivity index (χ0v) is 14.8. The quantitative estimate of drug-likeness (QED) is 0.882. The molecule has 2 N–H and O–H groups in total. The van der Waals surface area contributed by atoms with Crippen molar-refractivity contribution in [2.24, 2.45) is 5.92 Å². The fraction of sp³-hybridized carbons (Fsp3) is 0.500. The Labute approximate surface area is 140 Å². The summed E-state index contributed by atoms with van der Waals surface area (Å²) >= 11 is 0. The Hall–Kier alpha value is -2.37. The molecule has 1 heterocycles. The second-order valence-corrected chi connectivity index (χ2v) is 6.69. The Kier molecular flexibility index (Phi) is 5.26. The molecule has 0 saturated heterocycles. The monoisotopic (exact) mass is 331 g/mol. The van der Waals surface area contributed by atoms with Crippen molar-refractivity contribution in [3.63, 3.8) is 0 Å². The Morgan fingerprint density at radius 3 is 2.42 bits per heavy atom. The Bertz CT molecular complexity index is 862. The van der Waals surface area contributed by atoms with Crippen LogP contribution in [0.2, 0.25) is 0 Å². The lowest BCUT2D eigenvalue weighted by atomic mass is 10.0. The normalized spacial score (nSPS) is 12.8. The highest BCUT2D eigenvalue weighted by atomic mass is 16.2. The summed E-state index contributed by atoms with van der Waals surface area (Å²) in [6.45, 7) is 9.70. The number of aromatic nitrogens is 2. The molecular weight excluding hydrogens is 306 g/mol. The van der Waals surface area contributed by atoms with Crippen LogP contribution in [-0.4, -0.2) is 21.5 Å². The average Bonchev–Trinajstić information content (AvgIpc) is 2.50. The van der Waals surface area contributed by atoms with Gasteiger partial charge in [-0.3, -0.25) is 14.2 Å². The maximum absolute atomic E-state index is 12.4. The predicted molar refractivity (Wildman–Crippen MR) is 95.6 cm³/mol. The molecule has 0 fully saturated rings. The minimum absolute atomic E-state index is 0.0844. The highest BCUT2D eigenvalue weighted by Crippen LogP contribution is 2.12. The molecule has 2 rings (SSSR count). The number of rotatable bonds is 5. The number of benzene rings is 1. The van der Waals surface area contributed by atoms with Gasteiger partial charge in [0.2, 0.25) is 0 Å². The molecule has 6 heteroatoms. The van der Waals surface area contributed by atoms with Crippen LogP contribution in [0.1, 0.15) is 57.4 Å². The molecule has 0 radical (unpaired) electrons. The molecule has 0 saturated carbocycles. The van der Waals surface area contributed by atoms with E-state index in [1.54, 1.807) is 32.0 Å². The van der Waals surface area contributed by atoms with Crippen LogP contribution in [0.5, 0.6) is 0 Å². The number of nitrogens with zero attached hydrogens (tertiary/aromatic N) is 1. The molecule has 1 unspecified atom stereocenters. The molecule has 0 aliphatic heterocycles.